The van der Waals surface area contributed by atoms with E-state index in [1.807, 2.05) is 11.8 Å². The molecule has 2 N–H and O–H groups in total. The fourth-order valence-corrected chi connectivity index (χ4v) is 4.26. The van der Waals surface area contributed by atoms with Crippen molar-refractivity contribution >= 4 is 17.7 Å². The summed E-state index contributed by atoms with van der Waals surface area (Å²) in [4.78, 5) is 12.0. The van der Waals surface area contributed by atoms with Crippen LogP contribution < -0.4 is 10.6 Å². The van der Waals surface area contributed by atoms with Crippen LogP contribution in [-0.2, 0) is 4.79 Å². The van der Waals surface area contributed by atoms with Crippen LogP contribution in [0.4, 0.5) is 0 Å². The summed E-state index contributed by atoms with van der Waals surface area (Å²) in [5.74, 6) is 1.74. The van der Waals surface area contributed by atoms with E-state index in [4.69, 9.17) is 0 Å². The molecule has 1 saturated heterocycles. The van der Waals surface area contributed by atoms with Crippen molar-refractivity contribution in [3.05, 3.63) is 0 Å². The Kier molecular flexibility index (Phi) is 6.51. The van der Waals surface area contributed by atoms with E-state index in [1.54, 1.807) is 0 Å². The molecule has 1 saturated carbocycles. The molecule has 1 amide bonds. The molecule has 110 valence electrons. The first-order chi connectivity index (χ1) is 9.28. The third-order valence-electron chi connectivity index (χ3n) is 4.46. The average Bonchev–Trinajstić information content (AvgIpc) is 2.46. The minimum absolute atomic E-state index is 0.255. The van der Waals surface area contributed by atoms with Crippen molar-refractivity contribution in [2.45, 2.75) is 63.2 Å². The Morgan fingerprint density at radius 2 is 2.05 bits per heavy atom. The normalized spacial score (nSPS) is 29.1. The maximum Gasteiger partial charge on any atom is 0.230 e. The highest BCUT2D eigenvalue weighted by atomic mass is 32.2. The van der Waals surface area contributed by atoms with Crippen LogP contribution >= 0.6 is 11.8 Å². The van der Waals surface area contributed by atoms with Gasteiger partial charge in [0.1, 0.15) is 0 Å². The van der Waals surface area contributed by atoms with E-state index in [1.165, 1.54) is 44.9 Å². The summed E-state index contributed by atoms with van der Waals surface area (Å²) in [7, 11) is 0. The molecule has 0 spiro atoms. The van der Waals surface area contributed by atoms with Gasteiger partial charge in [-0.25, -0.2) is 0 Å². The molecule has 1 aliphatic heterocycles. The molecule has 19 heavy (non-hydrogen) atoms. The fourth-order valence-electron chi connectivity index (χ4n) is 3.22. The number of hydrogen-bond donors (Lipinski definition) is 2. The highest BCUT2D eigenvalue weighted by Crippen LogP contribution is 2.26. The van der Waals surface area contributed by atoms with Crippen molar-refractivity contribution in [1.82, 2.24) is 10.6 Å². The Balaban J connectivity index is 1.63. The van der Waals surface area contributed by atoms with Crippen LogP contribution in [0, 0.1) is 5.92 Å². The second-order valence-electron chi connectivity index (χ2n) is 5.97. The summed E-state index contributed by atoms with van der Waals surface area (Å²) in [6.07, 6.45) is 8.69. The maximum absolute atomic E-state index is 12.0. The molecule has 4 heteroatoms. The predicted molar refractivity (Wildman–Crippen MR) is 82.5 cm³/mol. The molecule has 3 nitrogen and oxygen atoms in total. The van der Waals surface area contributed by atoms with E-state index < -0.39 is 0 Å². The third-order valence-corrected chi connectivity index (χ3v) is 5.83. The Bertz CT molecular complexity index is 279. The van der Waals surface area contributed by atoms with E-state index in [2.05, 4.69) is 17.6 Å². The standard InChI is InChI=1S/C15H28N2OS/c1-2-12-4-3-5-13(10-12)17-15(18)11-19-14-6-8-16-9-7-14/h12-14,16H,2-11H2,1H3,(H,17,18). The summed E-state index contributed by atoms with van der Waals surface area (Å²) in [6, 6.07) is 0.444. The third kappa shape index (κ3) is 5.35. The van der Waals surface area contributed by atoms with E-state index in [-0.39, 0.29) is 5.91 Å². The minimum Gasteiger partial charge on any atom is -0.353 e. The highest BCUT2D eigenvalue weighted by molar-refractivity contribution is 8.00. The lowest BCUT2D eigenvalue weighted by Gasteiger charge is -2.29. The van der Waals surface area contributed by atoms with Crippen molar-refractivity contribution in [3.8, 4) is 0 Å². The number of thioether (sulfide) groups is 1. The van der Waals surface area contributed by atoms with Gasteiger partial charge in [-0.15, -0.1) is 11.8 Å². The SMILES string of the molecule is CCC1CCCC(NC(=O)CSC2CCNCC2)C1. The van der Waals surface area contributed by atoms with E-state index in [0.29, 0.717) is 17.0 Å². The van der Waals surface area contributed by atoms with Gasteiger partial charge in [0.25, 0.3) is 0 Å². The second kappa shape index (κ2) is 8.15. The lowest BCUT2D eigenvalue weighted by Crippen LogP contribution is -2.39. The number of carbonyl (C=O) groups is 1. The van der Waals surface area contributed by atoms with Crippen LogP contribution in [0.1, 0.15) is 51.9 Å². The van der Waals surface area contributed by atoms with Gasteiger partial charge in [-0.2, -0.15) is 0 Å². The molecule has 2 rings (SSSR count). The minimum atomic E-state index is 0.255. The van der Waals surface area contributed by atoms with Gasteiger partial charge < -0.3 is 10.6 Å². The lowest BCUT2D eigenvalue weighted by atomic mass is 9.84. The average molecular weight is 284 g/mol. The summed E-state index contributed by atoms with van der Waals surface area (Å²) in [5.41, 5.74) is 0. The van der Waals surface area contributed by atoms with Crippen LogP contribution in [-0.4, -0.2) is 36.0 Å². The van der Waals surface area contributed by atoms with Crippen molar-refractivity contribution in [1.29, 1.82) is 0 Å². The number of hydrogen-bond acceptors (Lipinski definition) is 3. The number of rotatable bonds is 5. The second-order valence-corrected chi connectivity index (χ2v) is 7.25. The zero-order valence-corrected chi connectivity index (χ0v) is 12.9. The van der Waals surface area contributed by atoms with Gasteiger partial charge >= 0.3 is 0 Å². The molecular formula is C15H28N2OS. The van der Waals surface area contributed by atoms with Crippen molar-refractivity contribution in [3.63, 3.8) is 0 Å². The first-order valence-corrected chi connectivity index (χ1v) is 8.94. The first kappa shape index (κ1) is 15.2. The summed E-state index contributed by atoms with van der Waals surface area (Å²) in [6.45, 7) is 4.49. The van der Waals surface area contributed by atoms with E-state index in [9.17, 15) is 4.79 Å². The molecule has 0 aromatic rings. The first-order valence-electron chi connectivity index (χ1n) is 7.89. The van der Waals surface area contributed by atoms with E-state index >= 15 is 0 Å². The van der Waals surface area contributed by atoms with Crippen LogP contribution in [0.5, 0.6) is 0 Å². The Morgan fingerprint density at radius 1 is 1.26 bits per heavy atom. The molecule has 1 aliphatic carbocycles. The molecule has 0 radical (unpaired) electrons. The lowest BCUT2D eigenvalue weighted by molar-refractivity contribution is -0.119. The molecule has 0 aromatic carbocycles. The van der Waals surface area contributed by atoms with Crippen LogP contribution in [0.3, 0.4) is 0 Å². The van der Waals surface area contributed by atoms with Crippen LogP contribution in [0.2, 0.25) is 0 Å². The molecule has 2 fully saturated rings. The largest absolute Gasteiger partial charge is 0.353 e. The fraction of sp³-hybridized carbons (Fsp3) is 0.933. The van der Waals surface area contributed by atoms with Gasteiger partial charge in [0.15, 0.2) is 0 Å². The topological polar surface area (TPSA) is 41.1 Å². The zero-order chi connectivity index (χ0) is 13.5. The number of nitrogens with one attached hydrogen (secondary N) is 2. The molecule has 1 heterocycles. The molecule has 2 atom stereocenters. The smallest absolute Gasteiger partial charge is 0.230 e. The van der Waals surface area contributed by atoms with Crippen LogP contribution in [0.25, 0.3) is 0 Å². The van der Waals surface area contributed by atoms with Gasteiger partial charge in [-0.1, -0.05) is 26.2 Å². The van der Waals surface area contributed by atoms with Gasteiger partial charge in [-0.3, -0.25) is 4.79 Å². The number of carbonyl (C=O) groups excluding carboxylic acids is 1. The van der Waals surface area contributed by atoms with Crippen molar-refractivity contribution < 1.29 is 4.79 Å². The maximum atomic E-state index is 12.0. The van der Waals surface area contributed by atoms with E-state index in [0.717, 1.165) is 19.0 Å². The van der Waals surface area contributed by atoms with Crippen LogP contribution in [0.15, 0.2) is 0 Å². The van der Waals surface area contributed by atoms with Gasteiger partial charge in [-0.05, 0) is 44.7 Å². The molecule has 0 bridgehead atoms. The molecule has 2 aliphatic rings. The summed E-state index contributed by atoms with van der Waals surface area (Å²) >= 11 is 1.85. The van der Waals surface area contributed by atoms with Crippen molar-refractivity contribution in [2.75, 3.05) is 18.8 Å². The number of piperidine rings is 1. The highest BCUT2D eigenvalue weighted by Gasteiger charge is 2.22. The predicted octanol–water partition coefficient (Wildman–Crippen LogP) is 2.56. The monoisotopic (exact) mass is 284 g/mol. The number of amides is 1. The Morgan fingerprint density at radius 3 is 2.79 bits per heavy atom. The Hall–Kier alpha value is -0.220. The zero-order valence-electron chi connectivity index (χ0n) is 12.1. The Labute approximate surface area is 121 Å². The van der Waals surface area contributed by atoms with Crippen molar-refractivity contribution in [2.24, 2.45) is 5.92 Å². The molecule has 0 aromatic heterocycles. The van der Waals surface area contributed by atoms with Gasteiger partial charge in [0.2, 0.25) is 5.91 Å². The summed E-state index contributed by atoms with van der Waals surface area (Å²) in [5, 5.41) is 7.29. The van der Waals surface area contributed by atoms with Gasteiger partial charge in [0.05, 0.1) is 5.75 Å². The molecular weight excluding hydrogens is 256 g/mol. The van der Waals surface area contributed by atoms with Gasteiger partial charge in [0, 0.05) is 11.3 Å². The summed E-state index contributed by atoms with van der Waals surface area (Å²) < 4.78 is 0. The molecule has 2 unspecified atom stereocenters. The quantitative estimate of drug-likeness (QED) is 0.815.